The summed E-state index contributed by atoms with van der Waals surface area (Å²) in [4.78, 5) is 4.53. The lowest BCUT2D eigenvalue weighted by Crippen LogP contribution is -1.93. The maximum absolute atomic E-state index is 5.91. The molecule has 0 radical (unpaired) electrons. The van der Waals surface area contributed by atoms with Crippen LogP contribution >= 0.6 is 0 Å². The molecule has 1 heterocycles. The Morgan fingerprint density at radius 1 is 1.00 bits per heavy atom. The summed E-state index contributed by atoms with van der Waals surface area (Å²) in [6.45, 7) is 1.98. The first kappa shape index (κ1) is 11.5. The van der Waals surface area contributed by atoms with Gasteiger partial charge in [-0.3, -0.25) is 5.10 Å². The normalized spacial score (nSPS) is 10.6. The van der Waals surface area contributed by atoms with Crippen molar-refractivity contribution < 1.29 is 0 Å². The van der Waals surface area contributed by atoms with Crippen LogP contribution in [0.2, 0.25) is 0 Å². The van der Waals surface area contributed by atoms with Gasteiger partial charge < -0.3 is 5.73 Å². The van der Waals surface area contributed by atoms with Crippen molar-refractivity contribution in [2.45, 2.75) is 6.92 Å². The van der Waals surface area contributed by atoms with Gasteiger partial charge in [-0.2, -0.15) is 5.10 Å². The van der Waals surface area contributed by atoms with Gasteiger partial charge in [0.2, 0.25) is 0 Å². The smallest absolute Gasteiger partial charge is 0.181 e. The van der Waals surface area contributed by atoms with E-state index in [0.29, 0.717) is 5.82 Å². The molecule has 0 atom stereocenters. The van der Waals surface area contributed by atoms with Crippen molar-refractivity contribution in [3.05, 3.63) is 54.1 Å². The van der Waals surface area contributed by atoms with Gasteiger partial charge in [-0.25, -0.2) is 4.98 Å². The van der Waals surface area contributed by atoms with Gasteiger partial charge in [-0.15, -0.1) is 0 Å². The van der Waals surface area contributed by atoms with Crippen LogP contribution in [-0.4, -0.2) is 15.2 Å². The number of nitrogens with two attached hydrogens (primary N) is 1. The van der Waals surface area contributed by atoms with Crippen LogP contribution in [0.4, 0.5) is 5.69 Å². The molecule has 94 valence electrons. The molecule has 3 N–H and O–H groups in total. The summed E-state index contributed by atoms with van der Waals surface area (Å²) in [6, 6.07) is 15.7. The molecule has 0 saturated carbocycles. The van der Waals surface area contributed by atoms with E-state index >= 15 is 0 Å². The van der Waals surface area contributed by atoms with E-state index in [2.05, 4.69) is 15.2 Å². The van der Waals surface area contributed by atoms with Crippen LogP contribution in [0.25, 0.3) is 22.8 Å². The summed E-state index contributed by atoms with van der Waals surface area (Å²) in [6.07, 6.45) is 0. The number of H-pyrrole nitrogens is 1. The van der Waals surface area contributed by atoms with E-state index in [1.54, 1.807) is 0 Å². The average Bonchev–Trinajstić information content (AvgIpc) is 2.92. The number of benzene rings is 2. The summed E-state index contributed by atoms with van der Waals surface area (Å²) >= 11 is 0. The second kappa shape index (κ2) is 4.57. The number of nitrogens with one attached hydrogen (secondary N) is 1. The number of aromatic nitrogens is 3. The lowest BCUT2D eigenvalue weighted by atomic mass is 10.1. The molecule has 0 aliphatic heterocycles. The Hall–Kier alpha value is -2.62. The molecule has 3 aromatic rings. The van der Waals surface area contributed by atoms with Crippen LogP contribution in [0.15, 0.2) is 48.5 Å². The summed E-state index contributed by atoms with van der Waals surface area (Å²) in [5.41, 5.74) is 9.66. The first-order valence-corrected chi connectivity index (χ1v) is 6.09. The predicted octanol–water partition coefficient (Wildman–Crippen LogP) is 3.03. The van der Waals surface area contributed by atoms with E-state index in [9.17, 15) is 0 Å². The third kappa shape index (κ3) is 2.08. The highest BCUT2D eigenvalue weighted by molar-refractivity contribution is 5.69. The van der Waals surface area contributed by atoms with E-state index < -0.39 is 0 Å². The van der Waals surface area contributed by atoms with Crippen molar-refractivity contribution in [2.24, 2.45) is 0 Å². The zero-order valence-electron chi connectivity index (χ0n) is 10.6. The van der Waals surface area contributed by atoms with Crippen molar-refractivity contribution >= 4 is 5.69 Å². The highest BCUT2D eigenvalue weighted by atomic mass is 15.2. The molecular formula is C15H14N4. The molecule has 2 aromatic carbocycles. The molecule has 19 heavy (non-hydrogen) atoms. The van der Waals surface area contributed by atoms with E-state index in [-0.39, 0.29) is 0 Å². The second-order valence-electron chi connectivity index (χ2n) is 4.39. The molecule has 0 bridgehead atoms. The quantitative estimate of drug-likeness (QED) is 0.687. The van der Waals surface area contributed by atoms with Gasteiger partial charge in [-0.1, -0.05) is 42.5 Å². The summed E-state index contributed by atoms with van der Waals surface area (Å²) in [7, 11) is 0. The van der Waals surface area contributed by atoms with Gasteiger partial charge in [0.05, 0.1) is 0 Å². The van der Waals surface area contributed by atoms with Gasteiger partial charge >= 0.3 is 0 Å². The first-order valence-electron chi connectivity index (χ1n) is 6.09. The Morgan fingerprint density at radius 3 is 2.58 bits per heavy atom. The van der Waals surface area contributed by atoms with Gasteiger partial charge in [0.25, 0.3) is 0 Å². The fraction of sp³-hybridized carbons (Fsp3) is 0.0667. The van der Waals surface area contributed by atoms with Gasteiger partial charge in [0.1, 0.15) is 0 Å². The van der Waals surface area contributed by atoms with E-state index in [4.69, 9.17) is 5.73 Å². The monoisotopic (exact) mass is 250 g/mol. The van der Waals surface area contributed by atoms with E-state index in [0.717, 1.165) is 28.2 Å². The summed E-state index contributed by atoms with van der Waals surface area (Å²) < 4.78 is 0. The SMILES string of the molecule is Cc1c(N)cccc1-c1nc(-c2ccccc2)n[nH]1. The minimum absolute atomic E-state index is 0.692. The maximum Gasteiger partial charge on any atom is 0.181 e. The van der Waals surface area contributed by atoms with Crippen molar-refractivity contribution in [1.82, 2.24) is 15.2 Å². The molecule has 0 aliphatic carbocycles. The zero-order chi connectivity index (χ0) is 13.2. The van der Waals surface area contributed by atoms with Crippen molar-refractivity contribution in [3.63, 3.8) is 0 Å². The van der Waals surface area contributed by atoms with Crippen LogP contribution in [0.5, 0.6) is 0 Å². The third-order valence-corrected chi connectivity index (χ3v) is 3.15. The second-order valence-corrected chi connectivity index (χ2v) is 4.39. The molecule has 4 nitrogen and oxygen atoms in total. The zero-order valence-corrected chi connectivity index (χ0v) is 10.6. The van der Waals surface area contributed by atoms with E-state index in [1.807, 2.05) is 55.5 Å². The molecule has 4 heteroatoms. The van der Waals surface area contributed by atoms with Crippen LogP contribution in [0.3, 0.4) is 0 Å². The maximum atomic E-state index is 5.91. The molecule has 0 fully saturated rings. The van der Waals surface area contributed by atoms with Crippen LogP contribution in [-0.2, 0) is 0 Å². The summed E-state index contributed by atoms with van der Waals surface area (Å²) in [5, 5.41) is 7.23. The highest BCUT2D eigenvalue weighted by Crippen LogP contribution is 2.25. The van der Waals surface area contributed by atoms with Crippen LogP contribution in [0, 0.1) is 6.92 Å². The van der Waals surface area contributed by atoms with Gasteiger partial charge in [-0.05, 0) is 18.6 Å². The molecule has 0 amide bonds. The molecule has 1 aromatic heterocycles. The minimum atomic E-state index is 0.692. The third-order valence-electron chi connectivity index (χ3n) is 3.15. The van der Waals surface area contributed by atoms with Crippen LogP contribution < -0.4 is 5.73 Å². The van der Waals surface area contributed by atoms with Crippen molar-refractivity contribution in [2.75, 3.05) is 5.73 Å². The molecule has 3 rings (SSSR count). The highest BCUT2D eigenvalue weighted by Gasteiger charge is 2.10. The van der Waals surface area contributed by atoms with Crippen LogP contribution in [0.1, 0.15) is 5.56 Å². The predicted molar refractivity (Wildman–Crippen MR) is 76.4 cm³/mol. The number of rotatable bonds is 2. The Labute approximate surface area is 111 Å². The molecule has 0 unspecified atom stereocenters. The molecular weight excluding hydrogens is 236 g/mol. The van der Waals surface area contributed by atoms with Gasteiger partial charge in [0.15, 0.2) is 11.6 Å². The Balaban J connectivity index is 2.05. The lowest BCUT2D eigenvalue weighted by molar-refractivity contribution is 1.10. The number of anilines is 1. The first-order chi connectivity index (χ1) is 9.25. The molecule has 0 spiro atoms. The van der Waals surface area contributed by atoms with Crippen molar-refractivity contribution in [3.8, 4) is 22.8 Å². The van der Waals surface area contributed by atoms with Gasteiger partial charge in [0, 0.05) is 16.8 Å². The Bertz CT molecular complexity index is 701. The minimum Gasteiger partial charge on any atom is -0.398 e. The largest absolute Gasteiger partial charge is 0.398 e. The Kier molecular flexibility index (Phi) is 2.76. The fourth-order valence-electron chi connectivity index (χ4n) is 2.01. The standard InChI is InChI=1S/C15H14N4/c1-10-12(8-5-9-13(10)16)15-17-14(18-19-15)11-6-3-2-4-7-11/h2-9H,16H2,1H3,(H,17,18,19). The number of hydrogen-bond acceptors (Lipinski definition) is 3. The lowest BCUT2D eigenvalue weighted by Gasteiger charge is -2.04. The Morgan fingerprint density at radius 2 is 1.79 bits per heavy atom. The average molecular weight is 250 g/mol. The van der Waals surface area contributed by atoms with Crippen molar-refractivity contribution in [1.29, 1.82) is 0 Å². The number of nitrogens with zero attached hydrogens (tertiary/aromatic N) is 2. The summed E-state index contributed by atoms with van der Waals surface area (Å²) in [5.74, 6) is 1.43. The number of nitrogen functional groups attached to an aromatic ring is 1. The number of hydrogen-bond donors (Lipinski definition) is 2. The molecule has 0 aliphatic rings. The topological polar surface area (TPSA) is 67.6 Å². The molecule has 0 saturated heterocycles. The fourth-order valence-corrected chi connectivity index (χ4v) is 2.01. The number of aromatic amines is 1. The van der Waals surface area contributed by atoms with E-state index in [1.165, 1.54) is 0 Å².